The quantitative estimate of drug-likeness (QED) is 0.0534. The van der Waals surface area contributed by atoms with Crippen LogP contribution in [0.4, 0.5) is 17.6 Å². The molecule has 61 heavy (non-hydrogen) atoms. The van der Waals surface area contributed by atoms with Crippen LogP contribution in [0.3, 0.4) is 0 Å². The molecule has 6 aliphatic carbocycles. The molecule has 0 aromatic carbocycles. The minimum atomic E-state index is -1.79. The largest absolute Gasteiger partial charge is 0.379 e. The van der Waals surface area contributed by atoms with Crippen LogP contribution >= 0.6 is 0 Å². The summed E-state index contributed by atoms with van der Waals surface area (Å²) in [6.07, 6.45) is 49.2. The summed E-state index contributed by atoms with van der Waals surface area (Å²) >= 11 is 0. The summed E-state index contributed by atoms with van der Waals surface area (Å²) in [4.78, 5) is 0. The van der Waals surface area contributed by atoms with E-state index in [1.165, 1.54) is 141 Å². The lowest BCUT2D eigenvalue weighted by atomic mass is 9.53. The minimum absolute atomic E-state index is 0.0239. The van der Waals surface area contributed by atoms with E-state index in [0.29, 0.717) is 0 Å². The van der Waals surface area contributed by atoms with E-state index in [9.17, 15) is 0 Å². The zero-order valence-corrected chi connectivity index (χ0v) is 39.3. The van der Waals surface area contributed by atoms with Crippen molar-refractivity contribution in [2.45, 2.75) is 243 Å². The van der Waals surface area contributed by atoms with Crippen molar-refractivity contribution >= 4 is 0 Å². The molecule has 0 saturated heterocycles. The molecule has 0 amide bonds. The van der Waals surface area contributed by atoms with E-state index < -0.39 is 45.7 Å². The van der Waals surface area contributed by atoms with Gasteiger partial charge >= 0.3 is 0 Å². The van der Waals surface area contributed by atoms with Crippen LogP contribution in [0.1, 0.15) is 232 Å². The van der Waals surface area contributed by atoms with Crippen LogP contribution in [0.25, 0.3) is 0 Å². The second-order valence-electron chi connectivity index (χ2n) is 21.8. The molecule has 0 N–H and O–H groups in total. The van der Waals surface area contributed by atoms with Gasteiger partial charge in [-0.1, -0.05) is 193 Å². The Bertz CT molecular complexity index is 1280. The lowest BCUT2D eigenvalue weighted by molar-refractivity contribution is -0.0445. The van der Waals surface area contributed by atoms with Crippen molar-refractivity contribution in [3.63, 3.8) is 0 Å². The van der Waals surface area contributed by atoms with Gasteiger partial charge in [0.25, 0.3) is 0 Å². The molecule has 1 nitrogen and oxygen atoms in total. The molecule has 0 aromatic rings. The molecule has 0 aromatic heterocycles. The molecular formula is C56H90F4O. The molecule has 0 bridgehead atoms. The number of halogens is 4. The normalized spacial score (nSPS) is 33.9. The Labute approximate surface area is 372 Å². The predicted molar refractivity (Wildman–Crippen MR) is 249 cm³/mol. The Morgan fingerprint density at radius 2 is 0.820 bits per heavy atom. The first-order valence-corrected chi connectivity index (χ1v) is 26.8. The van der Waals surface area contributed by atoms with Gasteiger partial charge in [-0.25, -0.2) is 17.6 Å². The number of ether oxygens (including phenoxy) is 1. The van der Waals surface area contributed by atoms with Crippen LogP contribution in [-0.4, -0.2) is 24.6 Å². The summed E-state index contributed by atoms with van der Waals surface area (Å²) in [5.41, 5.74) is -4.68. The van der Waals surface area contributed by atoms with Gasteiger partial charge in [0, 0.05) is 10.8 Å². The lowest BCUT2D eigenvalue weighted by Crippen LogP contribution is -2.51. The zero-order chi connectivity index (χ0) is 43.0. The summed E-state index contributed by atoms with van der Waals surface area (Å²) in [5, 5.41) is 0. The molecule has 0 aliphatic heterocycles. The summed E-state index contributed by atoms with van der Waals surface area (Å²) < 4.78 is 72.9. The van der Waals surface area contributed by atoms with Crippen LogP contribution < -0.4 is 0 Å². The first kappa shape index (κ1) is 49.1. The van der Waals surface area contributed by atoms with Gasteiger partial charge in [-0.2, -0.15) is 0 Å². The highest BCUT2D eigenvalue weighted by molar-refractivity contribution is 5.33. The van der Waals surface area contributed by atoms with Crippen molar-refractivity contribution in [1.29, 1.82) is 0 Å². The van der Waals surface area contributed by atoms with E-state index in [0.717, 1.165) is 102 Å². The lowest BCUT2D eigenvalue weighted by Gasteiger charge is -2.53. The van der Waals surface area contributed by atoms with Gasteiger partial charge in [-0.05, 0) is 99.3 Å². The smallest absolute Gasteiger partial charge is 0.155 e. The van der Waals surface area contributed by atoms with E-state index in [4.69, 9.17) is 4.74 Å². The van der Waals surface area contributed by atoms with E-state index in [2.05, 4.69) is 13.8 Å². The van der Waals surface area contributed by atoms with Gasteiger partial charge in [0.2, 0.25) is 0 Å². The Morgan fingerprint density at radius 3 is 1.16 bits per heavy atom. The molecule has 0 heterocycles. The van der Waals surface area contributed by atoms with Crippen molar-refractivity contribution in [1.82, 2.24) is 0 Å². The third-order valence-electron chi connectivity index (χ3n) is 17.8. The molecule has 0 radical (unpaired) electrons. The molecule has 348 valence electrons. The fourth-order valence-electron chi connectivity index (χ4n) is 14.0. The fourth-order valence-corrected chi connectivity index (χ4v) is 14.0. The number of rotatable bonds is 24. The van der Waals surface area contributed by atoms with Gasteiger partial charge in [-0.3, -0.25) is 0 Å². The maximum absolute atomic E-state index is 17.4. The van der Waals surface area contributed by atoms with Crippen molar-refractivity contribution in [3.8, 4) is 0 Å². The fraction of sp³-hybridized carbons (Fsp3) is 0.857. The summed E-state index contributed by atoms with van der Waals surface area (Å²) in [5.74, 6) is -0.233. The maximum atomic E-state index is 17.4. The molecule has 4 atom stereocenters. The Hall–Kier alpha value is -1.36. The molecule has 5 heteroatoms. The monoisotopic (exact) mass is 855 g/mol. The second kappa shape index (κ2) is 24.2. The summed E-state index contributed by atoms with van der Waals surface area (Å²) in [7, 11) is 0. The Morgan fingerprint density at radius 1 is 0.475 bits per heavy atom. The number of allylic oxidation sites excluding steroid dienone is 4. The summed E-state index contributed by atoms with van der Waals surface area (Å²) in [6.45, 7) is 4.59. The molecule has 4 fully saturated rings. The van der Waals surface area contributed by atoms with Crippen LogP contribution in [-0.2, 0) is 4.74 Å². The molecule has 6 rings (SSSR count). The first-order valence-electron chi connectivity index (χ1n) is 26.8. The molecule has 0 spiro atoms. The van der Waals surface area contributed by atoms with Crippen LogP contribution in [0.5, 0.6) is 0 Å². The van der Waals surface area contributed by atoms with E-state index in [1.807, 2.05) is 0 Å². The average Bonchev–Trinajstić information content (AvgIpc) is 3.28. The third kappa shape index (κ3) is 12.5. The van der Waals surface area contributed by atoms with E-state index in [-0.39, 0.29) is 25.0 Å². The highest BCUT2D eigenvalue weighted by Crippen LogP contribution is 2.61. The van der Waals surface area contributed by atoms with Crippen LogP contribution in [0.15, 0.2) is 48.1 Å². The molecule has 4 saturated carbocycles. The van der Waals surface area contributed by atoms with Crippen LogP contribution in [0, 0.1) is 46.3 Å². The number of unbranched alkanes of at least 4 members (excludes halogenated alkanes) is 12. The molecule has 6 aliphatic rings. The van der Waals surface area contributed by atoms with Gasteiger partial charge < -0.3 is 4.74 Å². The van der Waals surface area contributed by atoms with Crippen molar-refractivity contribution in [3.05, 3.63) is 48.1 Å². The van der Waals surface area contributed by atoms with Gasteiger partial charge in [-0.15, -0.1) is 0 Å². The average molecular weight is 855 g/mol. The van der Waals surface area contributed by atoms with Crippen molar-refractivity contribution in [2.24, 2.45) is 46.3 Å². The topological polar surface area (TPSA) is 9.23 Å². The van der Waals surface area contributed by atoms with E-state index >= 15 is 17.6 Å². The van der Waals surface area contributed by atoms with Crippen molar-refractivity contribution in [2.75, 3.05) is 13.2 Å². The Balaban J connectivity index is 0.980. The van der Waals surface area contributed by atoms with Gasteiger partial charge in [0.05, 0.1) is 25.0 Å². The number of hydrogen-bond donors (Lipinski definition) is 0. The molecule has 0 unspecified atom stereocenters. The zero-order valence-electron chi connectivity index (χ0n) is 39.3. The highest BCUT2D eigenvalue weighted by Gasteiger charge is 2.57. The first-order chi connectivity index (χ1) is 29.7. The van der Waals surface area contributed by atoms with Crippen molar-refractivity contribution < 1.29 is 22.3 Å². The Kier molecular flexibility index (Phi) is 19.5. The minimum Gasteiger partial charge on any atom is -0.379 e. The van der Waals surface area contributed by atoms with Gasteiger partial charge in [0.15, 0.2) is 11.3 Å². The predicted octanol–water partition coefficient (Wildman–Crippen LogP) is 18.3. The maximum Gasteiger partial charge on any atom is 0.155 e. The second-order valence-corrected chi connectivity index (χ2v) is 21.8. The number of hydrogen-bond acceptors (Lipinski definition) is 1. The third-order valence-corrected chi connectivity index (χ3v) is 17.8. The SMILES string of the molecule is CCCCCCCCC[C@H]1CC[C@H](C2([C@@]3(F)C=C[C@@H](COC[C@@H]4C=C[C@](F)(C5([C@H]6CC[C@H](CCCCCCCCC)CC6)CCCCC5)C=C4F)C(F)=C3)CCCCC2)CC1. The van der Waals surface area contributed by atoms with E-state index in [1.54, 1.807) is 24.3 Å². The molecular weight excluding hydrogens is 765 g/mol. The summed E-state index contributed by atoms with van der Waals surface area (Å²) in [6, 6.07) is 0. The van der Waals surface area contributed by atoms with Gasteiger partial charge in [0.1, 0.15) is 11.7 Å². The standard InChI is InChI=1S/C56H90F4O/c1-3-5-7-9-11-13-17-23-45-25-29-49(30-26-45)53(35-19-15-20-36-53)55(59)39-33-47(51(57)41-55)43-61-44-48-34-40-56(60,42-52(48)58)54(37-21-16-22-38-54)50-31-27-46(28-32-50)24-18-14-12-10-8-6-4-2/h33-34,39-42,45-50H,3-32,35-38,43-44H2,1-2H3/t45-,46-,47-,48-,49-,50-,55+,56+/m0/s1. The van der Waals surface area contributed by atoms with Crippen LogP contribution in [0.2, 0.25) is 0 Å². The highest BCUT2D eigenvalue weighted by atomic mass is 19.2. The number of alkyl halides is 2.